The van der Waals surface area contributed by atoms with Crippen LogP contribution in [0, 0.1) is 11.3 Å². The van der Waals surface area contributed by atoms with Crippen LogP contribution in [-0.2, 0) is 16.4 Å². The summed E-state index contributed by atoms with van der Waals surface area (Å²) in [6.07, 6.45) is 3.80. The molecule has 1 aliphatic rings. The van der Waals surface area contributed by atoms with E-state index in [0.717, 1.165) is 31.2 Å². The lowest BCUT2D eigenvalue weighted by atomic mass is 10.1. The maximum atomic E-state index is 12.3. The Morgan fingerprint density at radius 3 is 2.45 bits per heavy atom. The molecule has 0 saturated heterocycles. The van der Waals surface area contributed by atoms with E-state index in [1.54, 1.807) is 12.1 Å². The van der Waals surface area contributed by atoms with Crippen LogP contribution in [-0.4, -0.2) is 20.3 Å². The lowest BCUT2D eigenvalue weighted by Crippen LogP contribution is -2.45. The SMILES string of the molecule is CCCc1ccc(S(=O)(=O)NC(C(=N)N)C2CC2)cc1. The van der Waals surface area contributed by atoms with Gasteiger partial charge in [0, 0.05) is 0 Å². The Bertz CT molecular complexity index is 577. The van der Waals surface area contributed by atoms with Gasteiger partial charge in [-0.1, -0.05) is 25.5 Å². The standard InChI is InChI=1S/C14H21N3O2S/c1-2-3-10-4-8-12(9-5-10)20(18,19)17-13(14(15)16)11-6-7-11/h4-5,8-9,11,13,17H,2-3,6-7H2,1H3,(H3,15,16). The molecule has 1 atom stereocenters. The second-order valence-corrected chi connectivity index (χ2v) is 7.00. The first-order chi connectivity index (χ1) is 9.44. The van der Waals surface area contributed by atoms with Crippen molar-refractivity contribution >= 4 is 15.9 Å². The molecule has 0 spiro atoms. The number of hydrogen-bond acceptors (Lipinski definition) is 3. The van der Waals surface area contributed by atoms with Gasteiger partial charge in [0.05, 0.1) is 10.9 Å². The molecule has 0 aromatic heterocycles. The second-order valence-electron chi connectivity index (χ2n) is 5.29. The van der Waals surface area contributed by atoms with E-state index in [9.17, 15) is 8.42 Å². The van der Waals surface area contributed by atoms with Crippen molar-refractivity contribution in [3.63, 3.8) is 0 Å². The Kier molecular flexibility index (Phi) is 4.45. The number of hydrogen-bond donors (Lipinski definition) is 3. The molecule has 6 heteroatoms. The van der Waals surface area contributed by atoms with Crippen LogP contribution in [0.25, 0.3) is 0 Å². The smallest absolute Gasteiger partial charge is 0.241 e. The van der Waals surface area contributed by atoms with Crippen molar-refractivity contribution in [1.82, 2.24) is 4.72 Å². The molecule has 0 heterocycles. The first kappa shape index (κ1) is 15.0. The molecule has 1 aliphatic carbocycles. The molecule has 1 aromatic carbocycles. The summed E-state index contributed by atoms with van der Waals surface area (Å²) in [5.74, 6) is 0.0558. The molecular weight excluding hydrogens is 274 g/mol. The summed E-state index contributed by atoms with van der Waals surface area (Å²) in [7, 11) is -3.61. The minimum atomic E-state index is -3.61. The van der Waals surface area contributed by atoms with E-state index in [0.29, 0.717) is 0 Å². The maximum absolute atomic E-state index is 12.3. The summed E-state index contributed by atoms with van der Waals surface area (Å²) < 4.78 is 27.1. The fraction of sp³-hybridized carbons (Fsp3) is 0.500. The summed E-state index contributed by atoms with van der Waals surface area (Å²) in [6, 6.07) is 6.31. The van der Waals surface area contributed by atoms with Gasteiger partial charge in [-0.15, -0.1) is 0 Å². The molecule has 5 nitrogen and oxygen atoms in total. The predicted octanol–water partition coefficient (Wildman–Crippen LogP) is 1.63. The topological polar surface area (TPSA) is 96.0 Å². The molecule has 1 fully saturated rings. The van der Waals surface area contributed by atoms with Crippen LogP contribution in [0.2, 0.25) is 0 Å². The first-order valence-electron chi connectivity index (χ1n) is 6.89. The van der Waals surface area contributed by atoms with Gasteiger partial charge in [-0.2, -0.15) is 0 Å². The van der Waals surface area contributed by atoms with Gasteiger partial charge in [-0.05, 0) is 42.9 Å². The fourth-order valence-electron chi connectivity index (χ4n) is 2.20. The molecule has 110 valence electrons. The highest BCUT2D eigenvalue weighted by Gasteiger charge is 2.36. The number of nitrogens with two attached hydrogens (primary N) is 1. The number of benzene rings is 1. The minimum absolute atomic E-state index is 0.112. The van der Waals surface area contributed by atoms with E-state index < -0.39 is 16.1 Å². The Balaban J connectivity index is 2.14. The Morgan fingerprint density at radius 1 is 1.40 bits per heavy atom. The van der Waals surface area contributed by atoms with Crippen molar-refractivity contribution in [2.24, 2.45) is 11.7 Å². The lowest BCUT2D eigenvalue weighted by Gasteiger charge is -2.16. The van der Waals surface area contributed by atoms with Crippen LogP contribution >= 0.6 is 0 Å². The van der Waals surface area contributed by atoms with Crippen molar-refractivity contribution in [3.05, 3.63) is 29.8 Å². The quantitative estimate of drug-likeness (QED) is 0.527. The highest BCUT2D eigenvalue weighted by atomic mass is 32.2. The lowest BCUT2D eigenvalue weighted by molar-refractivity contribution is 0.563. The summed E-state index contributed by atoms with van der Waals surface area (Å²) in [5, 5.41) is 7.50. The summed E-state index contributed by atoms with van der Waals surface area (Å²) in [6.45, 7) is 2.08. The Morgan fingerprint density at radius 2 is 2.00 bits per heavy atom. The van der Waals surface area contributed by atoms with Gasteiger partial charge in [0.2, 0.25) is 10.0 Å². The summed E-state index contributed by atoms with van der Waals surface area (Å²) in [4.78, 5) is 0.226. The van der Waals surface area contributed by atoms with Gasteiger partial charge in [0.1, 0.15) is 5.84 Å². The molecule has 0 amide bonds. The molecule has 0 bridgehead atoms. The molecule has 4 N–H and O–H groups in total. The molecule has 1 aromatic rings. The van der Waals surface area contributed by atoms with E-state index in [4.69, 9.17) is 11.1 Å². The third-order valence-electron chi connectivity index (χ3n) is 3.48. The molecule has 0 radical (unpaired) electrons. The van der Waals surface area contributed by atoms with Crippen LogP contribution in [0.5, 0.6) is 0 Å². The monoisotopic (exact) mass is 295 g/mol. The second kappa shape index (κ2) is 5.93. The van der Waals surface area contributed by atoms with E-state index in [1.165, 1.54) is 0 Å². The number of aryl methyl sites for hydroxylation is 1. The van der Waals surface area contributed by atoms with Gasteiger partial charge in [0.15, 0.2) is 0 Å². The molecule has 2 rings (SSSR count). The first-order valence-corrected chi connectivity index (χ1v) is 8.37. The molecule has 1 saturated carbocycles. The van der Waals surface area contributed by atoms with Crippen LogP contribution in [0.1, 0.15) is 31.7 Å². The Hall–Kier alpha value is -1.40. The zero-order valence-electron chi connectivity index (χ0n) is 11.6. The van der Waals surface area contributed by atoms with E-state index in [-0.39, 0.29) is 16.6 Å². The van der Waals surface area contributed by atoms with Crippen LogP contribution in [0.3, 0.4) is 0 Å². The third kappa shape index (κ3) is 3.58. The largest absolute Gasteiger partial charge is 0.386 e. The number of sulfonamides is 1. The summed E-state index contributed by atoms with van der Waals surface area (Å²) >= 11 is 0. The normalized spacial score (nSPS) is 16.9. The van der Waals surface area contributed by atoms with Crippen molar-refractivity contribution in [2.45, 2.75) is 43.5 Å². The molecule has 0 aliphatic heterocycles. The average Bonchev–Trinajstić information content (AvgIpc) is 3.21. The van der Waals surface area contributed by atoms with E-state index in [2.05, 4.69) is 11.6 Å². The molecule has 1 unspecified atom stereocenters. The van der Waals surface area contributed by atoms with Crippen LogP contribution in [0.15, 0.2) is 29.2 Å². The highest BCUT2D eigenvalue weighted by molar-refractivity contribution is 7.89. The molecule has 20 heavy (non-hydrogen) atoms. The number of nitrogens with one attached hydrogen (secondary N) is 2. The number of rotatable bonds is 7. The zero-order chi connectivity index (χ0) is 14.8. The van der Waals surface area contributed by atoms with Crippen molar-refractivity contribution in [1.29, 1.82) is 5.41 Å². The average molecular weight is 295 g/mol. The van der Waals surface area contributed by atoms with Crippen molar-refractivity contribution in [2.75, 3.05) is 0 Å². The van der Waals surface area contributed by atoms with Gasteiger partial charge in [0.25, 0.3) is 0 Å². The van der Waals surface area contributed by atoms with Crippen molar-refractivity contribution < 1.29 is 8.42 Å². The zero-order valence-corrected chi connectivity index (χ0v) is 12.4. The highest BCUT2D eigenvalue weighted by Crippen LogP contribution is 2.33. The number of amidine groups is 1. The minimum Gasteiger partial charge on any atom is -0.386 e. The maximum Gasteiger partial charge on any atom is 0.241 e. The van der Waals surface area contributed by atoms with E-state index >= 15 is 0 Å². The van der Waals surface area contributed by atoms with Gasteiger partial charge in [-0.3, -0.25) is 5.41 Å². The van der Waals surface area contributed by atoms with Gasteiger partial charge >= 0.3 is 0 Å². The van der Waals surface area contributed by atoms with Crippen molar-refractivity contribution in [3.8, 4) is 0 Å². The Labute approximate surface area is 120 Å². The fourth-order valence-corrected chi connectivity index (χ4v) is 3.49. The van der Waals surface area contributed by atoms with Crippen LogP contribution < -0.4 is 10.5 Å². The molecular formula is C14H21N3O2S. The van der Waals surface area contributed by atoms with Gasteiger partial charge < -0.3 is 5.73 Å². The predicted molar refractivity (Wildman–Crippen MR) is 79.2 cm³/mol. The van der Waals surface area contributed by atoms with Crippen LogP contribution in [0.4, 0.5) is 0 Å². The van der Waals surface area contributed by atoms with E-state index in [1.807, 2.05) is 12.1 Å². The third-order valence-corrected chi connectivity index (χ3v) is 4.94. The van der Waals surface area contributed by atoms with Gasteiger partial charge in [-0.25, -0.2) is 13.1 Å². The summed E-state index contributed by atoms with van der Waals surface area (Å²) in [5.41, 5.74) is 6.60.